The number of aliphatic carboxylic acids is 2. The lowest BCUT2D eigenvalue weighted by atomic mass is 10.5. The fourth-order valence-electron chi connectivity index (χ4n) is 0.143. The molecule has 84 valence electrons. The molecular weight excluding hydrogens is 184 g/mol. The zero-order valence-corrected chi connectivity index (χ0v) is 9.28. The zero-order chi connectivity index (χ0) is 12.0. The maximum absolute atomic E-state index is 9.55. The highest BCUT2D eigenvalue weighted by atomic mass is 16.4. The fraction of sp³-hybridized carbons (Fsp3) is 0.600. The zero-order valence-electron chi connectivity index (χ0n) is 9.28. The van der Waals surface area contributed by atoms with Crippen LogP contribution in [0.5, 0.6) is 0 Å². The van der Waals surface area contributed by atoms with Gasteiger partial charge in [-0.3, -0.25) is 0 Å². The minimum atomic E-state index is -1.26. The highest BCUT2D eigenvalue weighted by molar-refractivity contribution is 5.89. The molecule has 0 amide bonds. The van der Waals surface area contributed by atoms with Gasteiger partial charge in [0.2, 0.25) is 0 Å². The van der Waals surface area contributed by atoms with Crippen LogP contribution in [0.1, 0.15) is 40.5 Å². The van der Waals surface area contributed by atoms with Gasteiger partial charge >= 0.3 is 11.9 Å². The van der Waals surface area contributed by atoms with Crippen LogP contribution in [0.3, 0.4) is 0 Å². The molecule has 0 bridgehead atoms. The summed E-state index contributed by atoms with van der Waals surface area (Å²) in [5, 5.41) is 15.6. The van der Waals surface area contributed by atoms with Crippen molar-refractivity contribution in [1.82, 2.24) is 0 Å². The summed E-state index contributed by atoms with van der Waals surface area (Å²) in [5.74, 6) is -2.51. The largest absolute Gasteiger partial charge is 0.478 e. The van der Waals surface area contributed by atoms with E-state index in [0.29, 0.717) is 12.2 Å². The second-order valence-electron chi connectivity index (χ2n) is 2.42. The molecule has 0 unspecified atom stereocenters. The van der Waals surface area contributed by atoms with Gasteiger partial charge in [0.05, 0.1) is 0 Å². The van der Waals surface area contributed by atoms with Crippen molar-refractivity contribution in [1.29, 1.82) is 0 Å². The summed E-state index contributed by atoms with van der Waals surface area (Å²) in [5.41, 5.74) is 0. The van der Waals surface area contributed by atoms with Gasteiger partial charge in [-0.05, 0) is 0 Å². The van der Waals surface area contributed by atoms with E-state index >= 15 is 0 Å². The average Bonchev–Trinajstić information content (AvgIpc) is 2.04. The summed E-state index contributed by atoms with van der Waals surface area (Å²) in [7, 11) is 0. The molecule has 0 radical (unpaired) electrons. The van der Waals surface area contributed by atoms with E-state index in [1.54, 1.807) is 0 Å². The van der Waals surface area contributed by atoms with Crippen LogP contribution in [-0.2, 0) is 9.59 Å². The molecule has 4 nitrogen and oxygen atoms in total. The Labute approximate surface area is 85.3 Å². The molecule has 0 fully saturated rings. The predicted molar refractivity (Wildman–Crippen MR) is 56.3 cm³/mol. The predicted octanol–water partition coefficient (Wildman–Crippen LogP) is 2.54. The van der Waals surface area contributed by atoms with Crippen molar-refractivity contribution >= 4 is 11.9 Å². The van der Waals surface area contributed by atoms with Gasteiger partial charge in [0.15, 0.2) is 0 Å². The van der Waals surface area contributed by atoms with Crippen LogP contribution in [0, 0.1) is 0 Å². The van der Waals surface area contributed by atoms with Gasteiger partial charge < -0.3 is 10.2 Å². The second-order valence-corrected chi connectivity index (χ2v) is 2.42. The van der Waals surface area contributed by atoms with E-state index in [1.165, 1.54) is 12.8 Å². The van der Waals surface area contributed by atoms with Crippen molar-refractivity contribution in [2.24, 2.45) is 0 Å². The third-order valence-electron chi connectivity index (χ3n) is 0.368. The summed E-state index contributed by atoms with van der Waals surface area (Å²) in [6.45, 7) is 8.50. The first-order valence-corrected chi connectivity index (χ1v) is 4.59. The van der Waals surface area contributed by atoms with Gasteiger partial charge in [0, 0.05) is 12.2 Å². The highest BCUT2D eigenvalue weighted by Gasteiger charge is 1.88. The molecule has 0 aliphatic rings. The van der Waals surface area contributed by atoms with Crippen molar-refractivity contribution in [2.75, 3.05) is 0 Å². The summed E-state index contributed by atoms with van der Waals surface area (Å²) < 4.78 is 0. The Hall–Kier alpha value is -1.32. The van der Waals surface area contributed by atoms with Gasteiger partial charge in [-0.15, -0.1) is 0 Å². The molecule has 0 aliphatic heterocycles. The minimum Gasteiger partial charge on any atom is -0.478 e. The lowest BCUT2D eigenvalue weighted by Gasteiger charge is -1.74. The lowest BCUT2D eigenvalue weighted by Crippen LogP contribution is -1.91. The monoisotopic (exact) mass is 204 g/mol. The summed E-state index contributed by atoms with van der Waals surface area (Å²) in [6.07, 6.45) is 3.62. The molecule has 0 aromatic heterocycles. The maximum atomic E-state index is 9.55. The average molecular weight is 204 g/mol. The number of hydrogen-bond donors (Lipinski definition) is 2. The van der Waals surface area contributed by atoms with E-state index in [2.05, 4.69) is 27.7 Å². The number of carboxylic acid groups (broad SMARTS) is 2. The van der Waals surface area contributed by atoms with Crippen LogP contribution >= 0.6 is 0 Å². The van der Waals surface area contributed by atoms with Crippen LogP contribution in [0.4, 0.5) is 0 Å². The van der Waals surface area contributed by atoms with Gasteiger partial charge in [0.25, 0.3) is 0 Å². The van der Waals surface area contributed by atoms with Gasteiger partial charge in [0.1, 0.15) is 0 Å². The minimum absolute atomic E-state index is 0.558. The highest BCUT2D eigenvalue weighted by Crippen LogP contribution is 1.70. The smallest absolute Gasteiger partial charge is 0.328 e. The van der Waals surface area contributed by atoms with E-state index in [1.807, 2.05) is 0 Å². The molecule has 0 aliphatic carbocycles. The topological polar surface area (TPSA) is 74.6 Å². The first kappa shape index (κ1) is 18.5. The van der Waals surface area contributed by atoms with E-state index < -0.39 is 11.9 Å². The second kappa shape index (κ2) is 17.7. The maximum Gasteiger partial charge on any atom is 0.328 e. The van der Waals surface area contributed by atoms with E-state index in [4.69, 9.17) is 10.2 Å². The Morgan fingerprint density at radius 2 is 1.00 bits per heavy atom. The third kappa shape index (κ3) is 73.9. The molecule has 0 heterocycles. The van der Waals surface area contributed by atoms with Gasteiger partial charge in [-0.2, -0.15) is 0 Å². The molecule has 0 rings (SSSR count). The molecule has 14 heavy (non-hydrogen) atoms. The van der Waals surface area contributed by atoms with E-state index in [-0.39, 0.29) is 0 Å². The number of carbonyl (C=O) groups is 2. The van der Waals surface area contributed by atoms with Crippen molar-refractivity contribution in [2.45, 2.75) is 40.5 Å². The van der Waals surface area contributed by atoms with Crippen LogP contribution in [-0.4, -0.2) is 22.2 Å². The Kier molecular flexibility index (Phi) is 23.3. The van der Waals surface area contributed by atoms with Crippen LogP contribution < -0.4 is 0 Å². The van der Waals surface area contributed by atoms with Crippen molar-refractivity contribution in [3.8, 4) is 0 Å². The normalized spacial score (nSPS) is 8.00. The molecule has 2 N–H and O–H groups in total. The Morgan fingerprint density at radius 3 is 1.07 bits per heavy atom. The van der Waals surface area contributed by atoms with E-state index in [0.717, 1.165) is 0 Å². The first-order valence-electron chi connectivity index (χ1n) is 4.59. The molecule has 4 heteroatoms. The van der Waals surface area contributed by atoms with Crippen LogP contribution in [0.25, 0.3) is 0 Å². The number of carboxylic acids is 2. The molecule has 0 atom stereocenters. The van der Waals surface area contributed by atoms with Crippen LogP contribution in [0.15, 0.2) is 12.2 Å². The SMILES string of the molecule is CCC.CCC.O=C(O)/C=C/C(=O)O. The molecule has 0 aromatic carbocycles. The van der Waals surface area contributed by atoms with Crippen molar-refractivity contribution in [3.63, 3.8) is 0 Å². The quantitative estimate of drug-likeness (QED) is 0.678. The summed E-state index contributed by atoms with van der Waals surface area (Å²) in [6, 6.07) is 0. The molecule has 0 aromatic rings. The number of rotatable bonds is 2. The first-order chi connectivity index (χ1) is 6.45. The van der Waals surface area contributed by atoms with Crippen LogP contribution in [0.2, 0.25) is 0 Å². The fourth-order valence-corrected chi connectivity index (χ4v) is 0.143. The van der Waals surface area contributed by atoms with Gasteiger partial charge in [-0.25, -0.2) is 9.59 Å². The molecule has 0 spiro atoms. The van der Waals surface area contributed by atoms with E-state index in [9.17, 15) is 9.59 Å². The van der Waals surface area contributed by atoms with Gasteiger partial charge in [-0.1, -0.05) is 40.5 Å². The Bertz CT molecular complexity index is 144. The third-order valence-corrected chi connectivity index (χ3v) is 0.368. The molecular formula is C10H20O4. The lowest BCUT2D eigenvalue weighted by molar-refractivity contribution is -0.134. The molecule has 0 saturated heterocycles. The number of hydrogen-bond acceptors (Lipinski definition) is 2. The Balaban J connectivity index is -0.000000168. The molecule has 0 saturated carbocycles. The summed E-state index contributed by atoms with van der Waals surface area (Å²) >= 11 is 0. The van der Waals surface area contributed by atoms with Crippen molar-refractivity contribution in [3.05, 3.63) is 12.2 Å². The standard InChI is InChI=1S/C4H4O4.2C3H8/c5-3(6)1-2-4(7)8;2*1-3-2/h1-2H,(H,5,6)(H,7,8);2*3H2,1-2H3/b2-1+;;. The Morgan fingerprint density at radius 1 is 0.857 bits per heavy atom. The summed E-state index contributed by atoms with van der Waals surface area (Å²) in [4.78, 5) is 19.1. The van der Waals surface area contributed by atoms with Crippen molar-refractivity contribution < 1.29 is 19.8 Å².